The number of hydrogen-bond acceptors (Lipinski definition) is 2. The SMILES string of the molecule is O=Cc1s[nH]c1Cl. The van der Waals surface area contributed by atoms with Gasteiger partial charge in [-0.05, 0) is 0 Å². The highest BCUT2D eigenvalue weighted by Gasteiger charge is 2.00. The van der Waals surface area contributed by atoms with Crippen molar-refractivity contribution in [1.29, 1.82) is 0 Å². The van der Waals surface area contributed by atoms with Crippen molar-refractivity contribution in [3.05, 3.63) is 10.0 Å². The molecule has 0 aromatic carbocycles. The smallest absolute Gasteiger partial charge is 0.164 e. The normalized spacial score (nSPS) is 9.29. The Labute approximate surface area is 49.3 Å². The standard InChI is InChI=1S/C3H2ClNOS/c4-3-2(1-6)7-5-3/h1,5H. The van der Waals surface area contributed by atoms with Gasteiger partial charge in [0.1, 0.15) is 10.0 Å². The Hall–Kier alpha value is -0.280. The maximum absolute atomic E-state index is 9.79. The number of carbonyl (C=O) groups is 1. The van der Waals surface area contributed by atoms with Crippen LogP contribution in [0.2, 0.25) is 5.15 Å². The summed E-state index contributed by atoms with van der Waals surface area (Å²) >= 11 is 6.57. The lowest BCUT2D eigenvalue weighted by molar-refractivity contribution is 0.112. The lowest BCUT2D eigenvalue weighted by atomic mass is 10.6. The van der Waals surface area contributed by atoms with Gasteiger partial charge in [-0.3, -0.25) is 9.17 Å². The third-order valence-corrected chi connectivity index (χ3v) is 1.92. The van der Waals surface area contributed by atoms with Crippen LogP contribution in [0.3, 0.4) is 0 Å². The van der Waals surface area contributed by atoms with Gasteiger partial charge in [0.05, 0.1) is 0 Å². The van der Waals surface area contributed by atoms with Crippen LogP contribution < -0.4 is 0 Å². The van der Waals surface area contributed by atoms with Crippen LogP contribution in [0, 0.1) is 0 Å². The number of H-pyrrole nitrogens is 1. The summed E-state index contributed by atoms with van der Waals surface area (Å²) in [5, 5.41) is 0.458. The summed E-state index contributed by atoms with van der Waals surface area (Å²) in [6.45, 7) is 0. The van der Waals surface area contributed by atoms with Crippen molar-refractivity contribution >= 4 is 29.4 Å². The molecule has 0 fully saturated rings. The average Bonchev–Trinajstić information content (AvgIpc) is 1.65. The minimum absolute atomic E-state index is 0.458. The third kappa shape index (κ3) is 0.689. The van der Waals surface area contributed by atoms with E-state index in [9.17, 15) is 4.79 Å². The first-order chi connectivity index (χ1) is 3.34. The number of aromatic nitrogens is 1. The van der Waals surface area contributed by atoms with Crippen LogP contribution in [-0.4, -0.2) is 10.7 Å². The first-order valence-electron chi connectivity index (χ1n) is 1.62. The fraction of sp³-hybridized carbons (Fsp3) is 0. The molecule has 0 saturated heterocycles. The van der Waals surface area contributed by atoms with Crippen molar-refractivity contribution in [3.8, 4) is 0 Å². The molecule has 0 amide bonds. The van der Waals surface area contributed by atoms with E-state index < -0.39 is 0 Å². The van der Waals surface area contributed by atoms with Gasteiger partial charge in [-0.15, -0.1) is 0 Å². The molecule has 0 unspecified atom stereocenters. The number of hydrogen-bond donors (Lipinski definition) is 1. The van der Waals surface area contributed by atoms with Crippen LogP contribution in [0.15, 0.2) is 0 Å². The molecule has 2 nitrogen and oxygen atoms in total. The van der Waals surface area contributed by atoms with Crippen LogP contribution in [0.5, 0.6) is 0 Å². The van der Waals surface area contributed by atoms with E-state index in [1.54, 1.807) is 0 Å². The molecule has 0 bridgehead atoms. The van der Waals surface area contributed by atoms with E-state index >= 15 is 0 Å². The Balaban J connectivity index is 2.84. The molecule has 1 aromatic rings. The summed E-state index contributed by atoms with van der Waals surface area (Å²) in [5.74, 6) is 0. The van der Waals surface area contributed by atoms with Gasteiger partial charge < -0.3 is 0 Å². The Morgan fingerprint density at radius 2 is 2.57 bits per heavy atom. The molecule has 0 saturated carbocycles. The fourth-order valence-electron chi connectivity index (χ4n) is 0.224. The zero-order valence-electron chi connectivity index (χ0n) is 3.27. The van der Waals surface area contributed by atoms with Crippen LogP contribution >= 0.6 is 23.1 Å². The topological polar surface area (TPSA) is 32.9 Å². The van der Waals surface area contributed by atoms with Crippen LogP contribution in [0.1, 0.15) is 9.67 Å². The van der Waals surface area contributed by atoms with Gasteiger partial charge >= 0.3 is 0 Å². The zero-order valence-corrected chi connectivity index (χ0v) is 4.84. The lowest BCUT2D eigenvalue weighted by Crippen LogP contribution is -1.83. The Morgan fingerprint density at radius 1 is 1.86 bits per heavy atom. The fourth-order valence-corrected chi connectivity index (χ4v) is 0.845. The highest BCUT2D eigenvalue weighted by Crippen LogP contribution is 2.17. The molecule has 0 aliphatic heterocycles. The second-order valence-corrected chi connectivity index (χ2v) is 2.23. The summed E-state index contributed by atoms with van der Waals surface area (Å²) in [6, 6.07) is 0. The molecule has 0 radical (unpaired) electrons. The van der Waals surface area contributed by atoms with Gasteiger partial charge in [0, 0.05) is 0 Å². The summed E-state index contributed by atoms with van der Waals surface area (Å²) in [5.41, 5.74) is 0. The number of halogens is 1. The van der Waals surface area contributed by atoms with E-state index in [0.29, 0.717) is 10.0 Å². The van der Waals surface area contributed by atoms with Crippen LogP contribution in [0.25, 0.3) is 0 Å². The molecule has 1 heterocycles. The molecular formula is C3H2ClNOS. The largest absolute Gasteiger partial charge is 0.300 e. The van der Waals surface area contributed by atoms with E-state index in [4.69, 9.17) is 11.6 Å². The maximum atomic E-state index is 9.79. The highest BCUT2D eigenvalue weighted by molar-refractivity contribution is 7.10. The van der Waals surface area contributed by atoms with Crippen molar-refractivity contribution in [2.75, 3.05) is 0 Å². The van der Waals surface area contributed by atoms with Crippen molar-refractivity contribution in [2.24, 2.45) is 0 Å². The summed E-state index contributed by atoms with van der Waals surface area (Å²) in [6.07, 6.45) is 0.726. The van der Waals surface area contributed by atoms with Gasteiger partial charge in [0.15, 0.2) is 6.29 Å². The summed E-state index contributed by atoms with van der Waals surface area (Å²) in [7, 11) is 0. The molecule has 1 N–H and O–H groups in total. The quantitative estimate of drug-likeness (QED) is 0.583. The van der Waals surface area contributed by atoms with Gasteiger partial charge in [-0.2, -0.15) is 0 Å². The van der Waals surface area contributed by atoms with Gasteiger partial charge in [-0.1, -0.05) is 23.1 Å². The van der Waals surface area contributed by atoms with E-state index in [1.165, 1.54) is 11.5 Å². The van der Waals surface area contributed by atoms with E-state index in [1.807, 2.05) is 0 Å². The van der Waals surface area contributed by atoms with Gasteiger partial charge in [-0.25, -0.2) is 0 Å². The molecule has 1 aromatic heterocycles. The monoisotopic (exact) mass is 135 g/mol. The average molecular weight is 136 g/mol. The third-order valence-electron chi connectivity index (χ3n) is 0.574. The molecule has 4 heteroatoms. The lowest BCUT2D eigenvalue weighted by Gasteiger charge is -1.94. The molecule has 38 valence electrons. The molecule has 0 aliphatic carbocycles. The second kappa shape index (κ2) is 1.68. The van der Waals surface area contributed by atoms with Crippen molar-refractivity contribution in [1.82, 2.24) is 4.37 Å². The van der Waals surface area contributed by atoms with Gasteiger partial charge in [0.25, 0.3) is 0 Å². The maximum Gasteiger partial charge on any atom is 0.164 e. The van der Waals surface area contributed by atoms with Crippen molar-refractivity contribution < 1.29 is 4.79 Å². The number of rotatable bonds is 1. The zero-order chi connectivity index (χ0) is 5.28. The minimum atomic E-state index is 0.458. The predicted octanol–water partition coefficient (Wildman–Crippen LogP) is 1.54. The van der Waals surface area contributed by atoms with E-state index in [2.05, 4.69) is 4.37 Å². The molecule has 0 atom stereocenters. The van der Waals surface area contributed by atoms with E-state index in [0.717, 1.165) is 6.29 Å². The molecule has 7 heavy (non-hydrogen) atoms. The highest BCUT2D eigenvalue weighted by atomic mass is 35.5. The Bertz CT molecular complexity index is 168. The molecule has 1 rings (SSSR count). The number of aromatic amines is 1. The summed E-state index contributed by atoms with van der Waals surface area (Å²) < 4.78 is 2.64. The first kappa shape index (κ1) is 4.87. The molecule has 0 aliphatic rings. The number of nitrogens with one attached hydrogen (secondary N) is 1. The molecule has 0 spiro atoms. The van der Waals surface area contributed by atoms with Crippen LogP contribution in [-0.2, 0) is 0 Å². The summed E-state index contributed by atoms with van der Waals surface area (Å²) in [4.78, 5) is 10.4. The van der Waals surface area contributed by atoms with Crippen LogP contribution in [0.4, 0.5) is 0 Å². The molecular weight excluding hydrogens is 134 g/mol. The van der Waals surface area contributed by atoms with Crippen molar-refractivity contribution in [2.45, 2.75) is 0 Å². The Kier molecular flexibility index (Phi) is 1.17. The Morgan fingerprint density at radius 3 is 2.57 bits per heavy atom. The second-order valence-electron chi connectivity index (χ2n) is 1.00. The van der Waals surface area contributed by atoms with E-state index in [-0.39, 0.29) is 0 Å². The predicted molar refractivity (Wildman–Crippen MR) is 29.1 cm³/mol. The van der Waals surface area contributed by atoms with Gasteiger partial charge in [0.2, 0.25) is 0 Å². The minimum Gasteiger partial charge on any atom is -0.300 e. The van der Waals surface area contributed by atoms with Crippen molar-refractivity contribution in [3.63, 3.8) is 0 Å². The number of aldehydes is 1. The number of carbonyl (C=O) groups excluding carboxylic acids is 1. The first-order valence-corrected chi connectivity index (χ1v) is 2.82.